The maximum atomic E-state index is 13.3. The zero-order valence-corrected chi connectivity index (χ0v) is 19.6. The van der Waals surface area contributed by atoms with Crippen LogP contribution in [0, 0.1) is 0 Å². The minimum Gasteiger partial charge on any atom is -0.480 e. The molecule has 0 aliphatic carbocycles. The van der Waals surface area contributed by atoms with Crippen LogP contribution < -0.4 is 29.0 Å². The number of fused-ring (bicyclic) bond motifs is 3. The standard InChI is InChI=1S/C27H24N2O7/c1-2-20-27(31)29(12-16-3-6-22-24(9-16)34-14-32-22)13-18-10-19(5-8-21(18)36-20)28-26(30)17-4-7-23-25(11-17)35-15-33-23/h3-11,20H,2,12-15H2,1H3,(H,28,30)/t20-/m1/s1. The Bertz CT molecular complexity index is 1360. The molecule has 3 aromatic rings. The Morgan fingerprint density at radius 1 is 0.889 bits per heavy atom. The minimum atomic E-state index is -0.589. The number of rotatable bonds is 5. The Kier molecular flexibility index (Phi) is 5.52. The summed E-state index contributed by atoms with van der Waals surface area (Å²) in [6.45, 7) is 2.99. The normalized spacial score (nSPS) is 17.3. The summed E-state index contributed by atoms with van der Waals surface area (Å²) >= 11 is 0. The average molecular weight is 488 g/mol. The molecule has 0 fully saturated rings. The molecule has 0 aromatic heterocycles. The van der Waals surface area contributed by atoms with Crippen molar-refractivity contribution in [3.8, 4) is 28.7 Å². The maximum Gasteiger partial charge on any atom is 0.264 e. The van der Waals surface area contributed by atoms with Crippen LogP contribution in [0.3, 0.4) is 0 Å². The van der Waals surface area contributed by atoms with Gasteiger partial charge in [0, 0.05) is 29.9 Å². The highest BCUT2D eigenvalue weighted by Gasteiger charge is 2.30. The molecule has 9 heteroatoms. The van der Waals surface area contributed by atoms with Crippen molar-refractivity contribution in [2.24, 2.45) is 0 Å². The summed E-state index contributed by atoms with van der Waals surface area (Å²) in [4.78, 5) is 27.9. The van der Waals surface area contributed by atoms with E-state index in [9.17, 15) is 9.59 Å². The summed E-state index contributed by atoms with van der Waals surface area (Å²) < 4.78 is 27.6. The molecule has 2 amide bonds. The fourth-order valence-corrected chi connectivity index (χ4v) is 4.48. The highest BCUT2D eigenvalue weighted by molar-refractivity contribution is 6.04. The monoisotopic (exact) mass is 488 g/mol. The first-order chi connectivity index (χ1) is 17.6. The molecule has 0 unspecified atom stereocenters. The molecule has 1 N–H and O–H groups in total. The van der Waals surface area contributed by atoms with E-state index in [4.69, 9.17) is 23.7 Å². The summed E-state index contributed by atoms with van der Waals surface area (Å²) in [5.41, 5.74) is 2.79. The molecule has 0 spiro atoms. The van der Waals surface area contributed by atoms with Crippen LogP contribution in [0.15, 0.2) is 54.6 Å². The highest BCUT2D eigenvalue weighted by atomic mass is 16.7. The van der Waals surface area contributed by atoms with Crippen LogP contribution in [0.25, 0.3) is 0 Å². The molecule has 36 heavy (non-hydrogen) atoms. The molecular weight excluding hydrogens is 464 g/mol. The van der Waals surface area contributed by atoms with E-state index < -0.39 is 6.10 Å². The van der Waals surface area contributed by atoms with Crippen molar-refractivity contribution in [2.75, 3.05) is 18.9 Å². The number of carbonyl (C=O) groups is 2. The Morgan fingerprint density at radius 2 is 1.58 bits per heavy atom. The molecular formula is C27H24N2O7. The van der Waals surface area contributed by atoms with Gasteiger partial charge in [0.05, 0.1) is 0 Å². The lowest BCUT2D eigenvalue weighted by atomic mass is 10.1. The van der Waals surface area contributed by atoms with Gasteiger partial charge in [-0.05, 0) is 60.5 Å². The molecule has 0 saturated heterocycles. The van der Waals surface area contributed by atoms with Crippen LogP contribution in [0.1, 0.15) is 34.8 Å². The predicted molar refractivity (Wildman–Crippen MR) is 128 cm³/mol. The van der Waals surface area contributed by atoms with Crippen LogP contribution in [0.2, 0.25) is 0 Å². The SMILES string of the molecule is CC[C@H]1Oc2ccc(NC(=O)c3ccc4c(c3)OCO4)cc2CN(Cc2ccc3c(c2)OCO3)C1=O. The molecule has 0 saturated carbocycles. The molecule has 9 nitrogen and oxygen atoms in total. The molecule has 3 aliphatic rings. The lowest BCUT2D eigenvalue weighted by molar-refractivity contribution is -0.139. The quantitative estimate of drug-likeness (QED) is 0.578. The first-order valence-corrected chi connectivity index (χ1v) is 11.8. The molecule has 3 heterocycles. The summed E-state index contributed by atoms with van der Waals surface area (Å²) in [5, 5.41) is 2.92. The minimum absolute atomic E-state index is 0.0858. The van der Waals surface area contributed by atoms with Crippen molar-refractivity contribution in [3.05, 3.63) is 71.3 Å². The number of amides is 2. The number of carbonyl (C=O) groups excluding carboxylic acids is 2. The van der Waals surface area contributed by atoms with Crippen molar-refractivity contribution in [1.29, 1.82) is 0 Å². The first-order valence-electron chi connectivity index (χ1n) is 11.8. The van der Waals surface area contributed by atoms with Crippen molar-refractivity contribution in [3.63, 3.8) is 0 Å². The van der Waals surface area contributed by atoms with Crippen LogP contribution >= 0.6 is 0 Å². The third-order valence-corrected chi connectivity index (χ3v) is 6.35. The molecule has 3 aromatic carbocycles. The van der Waals surface area contributed by atoms with Crippen LogP contribution in [-0.4, -0.2) is 36.4 Å². The van der Waals surface area contributed by atoms with Gasteiger partial charge in [0.25, 0.3) is 11.8 Å². The maximum absolute atomic E-state index is 13.3. The van der Waals surface area contributed by atoms with Crippen molar-refractivity contribution in [2.45, 2.75) is 32.5 Å². The Morgan fingerprint density at radius 3 is 2.36 bits per heavy atom. The highest BCUT2D eigenvalue weighted by Crippen LogP contribution is 2.35. The second-order valence-corrected chi connectivity index (χ2v) is 8.74. The van der Waals surface area contributed by atoms with Gasteiger partial charge in [-0.1, -0.05) is 13.0 Å². The zero-order valence-electron chi connectivity index (χ0n) is 19.6. The van der Waals surface area contributed by atoms with Gasteiger partial charge in [-0.15, -0.1) is 0 Å². The van der Waals surface area contributed by atoms with Crippen molar-refractivity contribution in [1.82, 2.24) is 4.90 Å². The van der Waals surface area contributed by atoms with Gasteiger partial charge in [-0.3, -0.25) is 9.59 Å². The van der Waals surface area contributed by atoms with E-state index in [1.54, 1.807) is 35.2 Å². The van der Waals surface area contributed by atoms with Crippen LogP contribution in [-0.2, 0) is 17.9 Å². The molecule has 3 aliphatic heterocycles. The van der Waals surface area contributed by atoms with E-state index in [0.29, 0.717) is 59.5 Å². The smallest absolute Gasteiger partial charge is 0.264 e. The van der Waals surface area contributed by atoms with E-state index in [0.717, 1.165) is 11.1 Å². The number of nitrogens with zero attached hydrogens (tertiary/aromatic N) is 1. The van der Waals surface area contributed by atoms with Gasteiger partial charge >= 0.3 is 0 Å². The van der Waals surface area contributed by atoms with E-state index in [1.807, 2.05) is 31.2 Å². The van der Waals surface area contributed by atoms with E-state index in [2.05, 4.69) is 5.32 Å². The van der Waals surface area contributed by atoms with Crippen LogP contribution in [0.5, 0.6) is 28.7 Å². The number of hydrogen-bond donors (Lipinski definition) is 1. The van der Waals surface area contributed by atoms with Crippen molar-refractivity contribution >= 4 is 17.5 Å². The lowest BCUT2D eigenvalue weighted by Gasteiger charge is -2.23. The zero-order chi connectivity index (χ0) is 24.6. The molecule has 184 valence electrons. The summed E-state index contributed by atoms with van der Waals surface area (Å²) in [6.07, 6.45) is -0.0484. The second-order valence-electron chi connectivity index (χ2n) is 8.74. The number of benzene rings is 3. The number of hydrogen-bond acceptors (Lipinski definition) is 7. The van der Waals surface area contributed by atoms with Crippen LogP contribution in [0.4, 0.5) is 5.69 Å². The van der Waals surface area contributed by atoms with Crippen molar-refractivity contribution < 1.29 is 33.3 Å². The number of ether oxygens (including phenoxy) is 5. The first kappa shape index (κ1) is 22.1. The van der Waals surface area contributed by atoms with E-state index >= 15 is 0 Å². The molecule has 1 atom stereocenters. The molecule has 6 rings (SSSR count). The Balaban J connectivity index is 1.24. The number of anilines is 1. The largest absolute Gasteiger partial charge is 0.480 e. The summed E-state index contributed by atoms with van der Waals surface area (Å²) in [7, 11) is 0. The number of nitrogens with one attached hydrogen (secondary N) is 1. The fraction of sp³-hybridized carbons (Fsp3) is 0.259. The van der Waals surface area contributed by atoms with E-state index in [1.165, 1.54) is 0 Å². The van der Waals surface area contributed by atoms with Gasteiger partial charge in [0.1, 0.15) is 5.75 Å². The third-order valence-electron chi connectivity index (χ3n) is 6.35. The predicted octanol–water partition coefficient (Wildman–Crippen LogP) is 4.10. The van der Waals surface area contributed by atoms with Gasteiger partial charge in [-0.25, -0.2) is 0 Å². The lowest BCUT2D eigenvalue weighted by Crippen LogP contribution is -2.38. The topological polar surface area (TPSA) is 95.6 Å². The third kappa shape index (κ3) is 4.13. The van der Waals surface area contributed by atoms with Gasteiger partial charge in [0.2, 0.25) is 13.6 Å². The molecule has 0 radical (unpaired) electrons. The summed E-state index contributed by atoms with van der Waals surface area (Å²) in [5.74, 6) is 2.80. The van der Waals surface area contributed by atoms with Gasteiger partial charge in [-0.2, -0.15) is 0 Å². The van der Waals surface area contributed by atoms with Gasteiger partial charge in [0.15, 0.2) is 29.1 Å². The average Bonchev–Trinajstić information content (AvgIpc) is 3.53. The molecule has 0 bridgehead atoms. The second kappa shape index (κ2) is 8.99. The van der Waals surface area contributed by atoms with Gasteiger partial charge < -0.3 is 33.9 Å². The summed E-state index contributed by atoms with van der Waals surface area (Å²) in [6, 6.07) is 16.1. The fourth-order valence-electron chi connectivity index (χ4n) is 4.48. The van der Waals surface area contributed by atoms with E-state index in [-0.39, 0.29) is 25.4 Å². The Labute approximate surface area is 207 Å². The Hall–Kier alpha value is -4.40.